The molecule has 8 nitrogen and oxygen atoms in total. The van der Waals surface area contributed by atoms with Crippen molar-refractivity contribution in [3.8, 4) is 5.75 Å². The number of Topliss-reactive ketones (excluding diaryl/α,β-unsaturated/α-hetero) is 1. The summed E-state index contributed by atoms with van der Waals surface area (Å²) < 4.78 is 31.9. The second kappa shape index (κ2) is 10.5. The lowest BCUT2D eigenvalue weighted by molar-refractivity contribution is -0.117. The van der Waals surface area contributed by atoms with E-state index < -0.39 is 16.1 Å². The number of nitrogens with zero attached hydrogens (tertiary/aromatic N) is 1. The summed E-state index contributed by atoms with van der Waals surface area (Å²) in [5, 5.41) is 5.97. The topological polar surface area (TPSA) is 105 Å². The van der Waals surface area contributed by atoms with Gasteiger partial charge in [0, 0.05) is 31.0 Å². The van der Waals surface area contributed by atoms with Crippen LogP contribution in [0, 0.1) is 0 Å². The zero-order chi connectivity index (χ0) is 24.9. The van der Waals surface area contributed by atoms with Crippen LogP contribution in [-0.4, -0.2) is 45.6 Å². The number of ketones is 1. The van der Waals surface area contributed by atoms with Crippen LogP contribution in [0.5, 0.6) is 5.75 Å². The standard InChI is InChI=1S/C25H27N3O5S/c1-17(29)19-11-8-12-20(15-19)27-25(30)24(18-9-6-5-7-10-18)26-21-13-14-22(33-4)23(16-21)34(31,32)28(2)3/h5-16,24,26H,1-4H3,(H,27,30)/t24-/m0/s1. The number of benzene rings is 3. The predicted octanol–water partition coefficient (Wildman–Crippen LogP) is 3.94. The number of carbonyl (C=O) groups is 2. The van der Waals surface area contributed by atoms with Crippen molar-refractivity contribution >= 4 is 33.1 Å². The fourth-order valence-electron chi connectivity index (χ4n) is 3.31. The number of hydrogen-bond donors (Lipinski definition) is 2. The maximum atomic E-state index is 13.3. The average molecular weight is 482 g/mol. The summed E-state index contributed by atoms with van der Waals surface area (Å²) in [6, 6.07) is 19.5. The Morgan fingerprint density at radius 3 is 2.24 bits per heavy atom. The molecule has 0 saturated heterocycles. The molecule has 0 aliphatic rings. The van der Waals surface area contributed by atoms with E-state index in [-0.39, 0.29) is 22.3 Å². The molecule has 0 radical (unpaired) electrons. The molecule has 3 aromatic carbocycles. The smallest absolute Gasteiger partial charge is 0.251 e. The number of methoxy groups -OCH3 is 1. The minimum absolute atomic E-state index is 0.0219. The number of sulfonamides is 1. The lowest BCUT2D eigenvalue weighted by atomic mass is 10.0. The summed E-state index contributed by atoms with van der Waals surface area (Å²) in [5.74, 6) is -0.289. The van der Waals surface area contributed by atoms with Crippen molar-refractivity contribution in [3.05, 3.63) is 83.9 Å². The molecule has 2 N–H and O–H groups in total. The molecule has 9 heteroatoms. The molecule has 0 bridgehead atoms. The maximum absolute atomic E-state index is 13.3. The Labute approximate surface area is 199 Å². The number of nitrogens with one attached hydrogen (secondary N) is 2. The lowest BCUT2D eigenvalue weighted by Gasteiger charge is -2.22. The monoisotopic (exact) mass is 481 g/mol. The fourth-order valence-corrected chi connectivity index (χ4v) is 4.38. The Morgan fingerprint density at radius 2 is 1.62 bits per heavy atom. The molecule has 0 saturated carbocycles. The highest BCUT2D eigenvalue weighted by Gasteiger charge is 2.25. The molecule has 0 aliphatic heterocycles. The number of anilines is 2. The third-order valence-electron chi connectivity index (χ3n) is 5.16. The van der Waals surface area contributed by atoms with Crippen molar-refractivity contribution in [1.82, 2.24) is 4.31 Å². The van der Waals surface area contributed by atoms with E-state index in [1.807, 2.05) is 18.2 Å². The van der Waals surface area contributed by atoms with E-state index in [9.17, 15) is 18.0 Å². The van der Waals surface area contributed by atoms with E-state index in [0.29, 0.717) is 22.5 Å². The first-order chi connectivity index (χ1) is 16.1. The molecule has 0 aliphatic carbocycles. The van der Waals surface area contributed by atoms with Crippen LogP contribution >= 0.6 is 0 Å². The SMILES string of the molecule is COc1ccc(N[C@H](C(=O)Nc2cccc(C(C)=O)c2)c2ccccc2)cc1S(=O)(=O)N(C)C. The van der Waals surface area contributed by atoms with Crippen LogP contribution in [-0.2, 0) is 14.8 Å². The van der Waals surface area contributed by atoms with Crippen LogP contribution in [0.25, 0.3) is 0 Å². The second-order valence-corrected chi connectivity index (χ2v) is 9.89. The first-order valence-corrected chi connectivity index (χ1v) is 11.9. The first kappa shape index (κ1) is 24.9. The van der Waals surface area contributed by atoms with Crippen molar-refractivity contribution in [2.24, 2.45) is 0 Å². The number of hydrogen-bond acceptors (Lipinski definition) is 6. The molecular formula is C25H27N3O5S. The van der Waals surface area contributed by atoms with Gasteiger partial charge in [0.1, 0.15) is 16.7 Å². The van der Waals surface area contributed by atoms with Gasteiger partial charge in [-0.25, -0.2) is 12.7 Å². The summed E-state index contributed by atoms with van der Waals surface area (Å²) in [5.41, 5.74) is 2.06. The van der Waals surface area contributed by atoms with E-state index in [0.717, 1.165) is 4.31 Å². The van der Waals surface area contributed by atoms with Crippen LogP contribution in [0.1, 0.15) is 28.9 Å². The van der Waals surface area contributed by atoms with Gasteiger partial charge in [-0.15, -0.1) is 0 Å². The molecule has 0 fully saturated rings. The van der Waals surface area contributed by atoms with Crippen LogP contribution in [0.4, 0.5) is 11.4 Å². The summed E-state index contributed by atoms with van der Waals surface area (Å²) in [4.78, 5) is 25.0. The zero-order valence-corrected chi connectivity index (χ0v) is 20.2. The number of amides is 1. The van der Waals surface area contributed by atoms with E-state index in [2.05, 4.69) is 10.6 Å². The minimum Gasteiger partial charge on any atom is -0.495 e. The molecule has 0 heterocycles. The van der Waals surface area contributed by atoms with Gasteiger partial charge in [0.25, 0.3) is 5.91 Å². The molecule has 0 spiro atoms. The molecule has 34 heavy (non-hydrogen) atoms. The van der Waals surface area contributed by atoms with Crippen molar-refractivity contribution in [2.45, 2.75) is 17.9 Å². The normalized spacial score (nSPS) is 12.1. The molecule has 3 aromatic rings. The average Bonchev–Trinajstić information content (AvgIpc) is 2.82. The van der Waals surface area contributed by atoms with Gasteiger partial charge in [-0.3, -0.25) is 9.59 Å². The van der Waals surface area contributed by atoms with Crippen molar-refractivity contribution in [3.63, 3.8) is 0 Å². The van der Waals surface area contributed by atoms with E-state index in [1.54, 1.807) is 42.5 Å². The Kier molecular flexibility index (Phi) is 7.70. The molecular weight excluding hydrogens is 454 g/mol. The minimum atomic E-state index is -3.79. The van der Waals surface area contributed by atoms with Gasteiger partial charge in [-0.1, -0.05) is 42.5 Å². The van der Waals surface area contributed by atoms with Crippen molar-refractivity contribution in [1.29, 1.82) is 0 Å². The van der Waals surface area contributed by atoms with Gasteiger partial charge >= 0.3 is 0 Å². The first-order valence-electron chi connectivity index (χ1n) is 10.5. The zero-order valence-electron chi connectivity index (χ0n) is 19.4. The number of carbonyl (C=O) groups excluding carboxylic acids is 2. The Morgan fingerprint density at radius 1 is 0.912 bits per heavy atom. The molecule has 0 aromatic heterocycles. The Hall–Kier alpha value is -3.69. The third kappa shape index (κ3) is 5.62. The van der Waals surface area contributed by atoms with Crippen LogP contribution < -0.4 is 15.4 Å². The third-order valence-corrected chi connectivity index (χ3v) is 7.00. The van der Waals surface area contributed by atoms with Gasteiger partial charge in [0.2, 0.25) is 10.0 Å². The van der Waals surface area contributed by atoms with Gasteiger partial charge in [-0.05, 0) is 42.8 Å². The van der Waals surface area contributed by atoms with E-state index in [4.69, 9.17) is 4.74 Å². The quantitative estimate of drug-likeness (QED) is 0.449. The molecule has 0 unspecified atom stereocenters. The largest absolute Gasteiger partial charge is 0.495 e. The van der Waals surface area contributed by atoms with Crippen LogP contribution in [0.2, 0.25) is 0 Å². The summed E-state index contributed by atoms with van der Waals surface area (Å²) >= 11 is 0. The summed E-state index contributed by atoms with van der Waals surface area (Å²) in [6.45, 7) is 1.46. The second-order valence-electron chi connectivity index (χ2n) is 7.77. The summed E-state index contributed by atoms with van der Waals surface area (Å²) in [7, 11) is 0.476. The highest BCUT2D eigenvalue weighted by atomic mass is 32.2. The lowest BCUT2D eigenvalue weighted by Crippen LogP contribution is -2.27. The summed E-state index contributed by atoms with van der Waals surface area (Å²) in [6.07, 6.45) is 0. The molecule has 178 valence electrons. The highest BCUT2D eigenvalue weighted by molar-refractivity contribution is 7.89. The van der Waals surface area contributed by atoms with Gasteiger partial charge in [0.05, 0.1) is 7.11 Å². The molecule has 1 amide bonds. The van der Waals surface area contributed by atoms with E-state index in [1.165, 1.54) is 40.3 Å². The maximum Gasteiger partial charge on any atom is 0.251 e. The predicted molar refractivity (Wildman–Crippen MR) is 132 cm³/mol. The van der Waals surface area contributed by atoms with Crippen molar-refractivity contribution < 1.29 is 22.7 Å². The van der Waals surface area contributed by atoms with Crippen LogP contribution in [0.15, 0.2) is 77.7 Å². The Balaban J connectivity index is 1.98. The van der Waals surface area contributed by atoms with Gasteiger partial charge in [0.15, 0.2) is 5.78 Å². The van der Waals surface area contributed by atoms with Gasteiger partial charge < -0.3 is 15.4 Å². The molecule has 3 rings (SSSR count). The number of ether oxygens (including phenoxy) is 1. The fraction of sp³-hybridized carbons (Fsp3) is 0.200. The van der Waals surface area contributed by atoms with E-state index >= 15 is 0 Å². The van der Waals surface area contributed by atoms with Crippen LogP contribution in [0.3, 0.4) is 0 Å². The highest BCUT2D eigenvalue weighted by Crippen LogP contribution is 2.31. The van der Waals surface area contributed by atoms with Crippen molar-refractivity contribution in [2.75, 3.05) is 31.8 Å². The van der Waals surface area contributed by atoms with Gasteiger partial charge in [-0.2, -0.15) is 0 Å². The molecule has 1 atom stereocenters. The number of rotatable bonds is 9. The Bertz CT molecular complexity index is 1290.